The maximum atomic E-state index is 6.09. The highest BCUT2D eigenvalue weighted by atomic mass is 16.5. The van der Waals surface area contributed by atoms with Gasteiger partial charge in [0.25, 0.3) is 0 Å². The maximum Gasteiger partial charge on any atom is 0.0648 e. The van der Waals surface area contributed by atoms with Gasteiger partial charge in [0.1, 0.15) is 0 Å². The Balaban J connectivity index is 2.68. The van der Waals surface area contributed by atoms with Gasteiger partial charge in [0.15, 0.2) is 0 Å². The predicted molar refractivity (Wildman–Crippen MR) is 98.6 cm³/mol. The molecule has 4 heteroatoms. The largest absolute Gasteiger partial charge is 0.375 e. The third-order valence-electron chi connectivity index (χ3n) is 4.79. The highest BCUT2D eigenvalue weighted by molar-refractivity contribution is 4.76. The zero-order valence-electron chi connectivity index (χ0n) is 17.3. The van der Waals surface area contributed by atoms with Crippen molar-refractivity contribution in [3.63, 3.8) is 0 Å². The van der Waals surface area contributed by atoms with Crippen molar-refractivity contribution >= 4 is 0 Å². The normalized spacial score (nSPS) is 29.0. The average molecular weight is 345 g/mol. The molecule has 4 nitrogen and oxygen atoms in total. The summed E-state index contributed by atoms with van der Waals surface area (Å²) in [5.74, 6) is 0. The number of hydrogen-bond donors (Lipinski definition) is 0. The van der Waals surface area contributed by atoms with E-state index in [0.29, 0.717) is 26.4 Å². The number of ether oxygens (including phenoxy) is 4. The molecular formula is C20H40O4. The van der Waals surface area contributed by atoms with Gasteiger partial charge < -0.3 is 18.9 Å². The Bertz CT molecular complexity index is 276. The molecule has 1 rings (SSSR count). The summed E-state index contributed by atoms with van der Waals surface area (Å²) in [4.78, 5) is 0. The third-order valence-corrected chi connectivity index (χ3v) is 4.79. The van der Waals surface area contributed by atoms with E-state index in [-0.39, 0.29) is 22.4 Å². The maximum absolute atomic E-state index is 6.09. The van der Waals surface area contributed by atoms with Crippen LogP contribution in [0.2, 0.25) is 0 Å². The van der Waals surface area contributed by atoms with E-state index in [1.54, 1.807) is 0 Å². The fourth-order valence-corrected chi connectivity index (χ4v) is 2.58. The van der Waals surface area contributed by atoms with Crippen molar-refractivity contribution in [1.29, 1.82) is 0 Å². The first kappa shape index (κ1) is 21.9. The first-order valence-electron chi connectivity index (χ1n) is 9.39. The first-order valence-corrected chi connectivity index (χ1v) is 9.39. The quantitative estimate of drug-likeness (QED) is 0.636. The molecule has 1 fully saturated rings. The summed E-state index contributed by atoms with van der Waals surface area (Å²) >= 11 is 0. The summed E-state index contributed by atoms with van der Waals surface area (Å²) in [5, 5.41) is 0. The Hall–Kier alpha value is -0.160. The van der Waals surface area contributed by atoms with Gasteiger partial charge in [0.2, 0.25) is 0 Å². The molecule has 0 radical (unpaired) electrons. The van der Waals surface area contributed by atoms with Gasteiger partial charge in [-0.3, -0.25) is 0 Å². The highest BCUT2D eigenvalue weighted by Gasteiger charge is 2.27. The topological polar surface area (TPSA) is 36.9 Å². The van der Waals surface area contributed by atoms with Crippen LogP contribution in [0.25, 0.3) is 0 Å². The Kier molecular flexibility index (Phi) is 7.73. The van der Waals surface area contributed by atoms with Crippen LogP contribution in [0.3, 0.4) is 0 Å². The predicted octanol–water partition coefficient (Wildman–Crippen LogP) is 4.74. The van der Waals surface area contributed by atoms with Crippen LogP contribution in [0.15, 0.2) is 0 Å². The summed E-state index contributed by atoms with van der Waals surface area (Å²) in [6.45, 7) is 19.8. The highest BCUT2D eigenvalue weighted by Crippen LogP contribution is 2.25. The van der Waals surface area contributed by atoms with E-state index in [1.165, 1.54) is 0 Å². The monoisotopic (exact) mass is 344 g/mol. The van der Waals surface area contributed by atoms with Gasteiger partial charge in [-0.1, -0.05) is 0 Å². The first-order chi connectivity index (χ1) is 10.8. The van der Waals surface area contributed by atoms with Gasteiger partial charge in [-0.25, -0.2) is 0 Å². The second kappa shape index (κ2) is 8.48. The molecule has 1 saturated heterocycles. The second-order valence-electron chi connectivity index (χ2n) is 9.43. The van der Waals surface area contributed by atoms with E-state index in [9.17, 15) is 0 Å². The molecule has 0 aromatic rings. The molecule has 1 aliphatic rings. The minimum absolute atomic E-state index is 0.179. The molecule has 0 amide bonds. The van der Waals surface area contributed by atoms with E-state index in [2.05, 4.69) is 55.4 Å². The summed E-state index contributed by atoms with van der Waals surface area (Å²) in [5.41, 5.74) is -0.715. The van der Waals surface area contributed by atoms with Crippen molar-refractivity contribution in [2.75, 3.05) is 26.4 Å². The molecule has 0 saturated carbocycles. The molecule has 144 valence electrons. The summed E-state index contributed by atoms with van der Waals surface area (Å²) in [6, 6.07) is 0. The molecule has 0 atom stereocenters. The Morgan fingerprint density at radius 1 is 0.375 bits per heavy atom. The number of rotatable bonds is 0. The van der Waals surface area contributed by atoms with Crippen molar-refractivity contribution < 1.29 is 18.9 Å². The van der Waals surface area contributed by atoms with Crippen LogP contribution in [-0.2, 0) is 18.9 Å². The average Bonchev–Trinajstić information content (AvgIpc) is 2.35. The molecule has 0 spiro atoms. The van der Waals surface area contributed by atoms with E-state index in [0.717, 1.165) is 25.7 Å². The van der Waals surface area contributed by atoms with Gasteiger partial charge in [-0.2, -0.15) is 0 Å². The molecule has 0 aromatic heterocycles. The van der Waals surface area contributed by atoms with Crippen LogP contribution in [0.4, 0.5) is 0 Å². The molecule has 1 heterocycles. The van der Waals surface area contributed by atoms with Crippen molar-refractivity contribution in [2.24, 2.45) is 0 Å². The van der Waals surface area contributed by atoms with Gasteiger partial charge in [-0.05, 0) is 81.1 Å². The number of hydrogen-bond acceptors (Lipinski definition) is 4. The minimum Gasteiger partial charge on any atom is -0.375 e. The SMILES string of the molecule is CC1(C)CCOC(C)(C)CCOC(C)(C)CCOC(C)(C)CCO1. The summed E-state index contributed by atoms with van der Waals surface area (Å²) < 4.78 is 24.4. The molecular weight excluding hydrogens is 304 g/mol. The van der Waals surface area contributed by atoms with Gasteiger partial charge in [0, 0.05) is 0 Å². The molecule has 0 N–H and O–H groups in total. The fourth-order valence-electron chi connectivity index (χ4n) is 2.58. The van der Waals surface area contributed by atoms with Crippen molar-refractivity contribution in [3.05, 3.63) is 0 Å². The molecule has 0 aromatic carbocycles. The van der Waals surface area contributed by atoms with Crippen LogP contribution in [-0.4, -0.2) is 48.8 Å². The van der Waals surface area contributed by atoms with Crippen molar-refractivity contribution in [2.45, 2.75) is 103 Å². The van der Waals surface area contributed by atoms with Crippen molar-refractivity contribution in [3.8, 4) is 0 Å². The Morgan fingerprint density at radius 3 is 0.708 bits per heavy atom. The van der Waals surface area contributed by atoms with Gasteiger partial charge >= 0.3 is 0 Å². The molecule has 1 aliphatic heterocycles. The fraction of sp³-hybridized carbons (Fsp3) is 1.00. The van der Waals surface area contributed by atoms with E-state index < -0.39 is 0 Å². The molecule has 24 heavy (non-hydrogen) atoms. The zero-order chi connectivity index (χ0) is 18.5. The lowest BCUT2D eigenvalue weighted by atomic mass is 10.0. The van der Waals surface area contributed by atoms with E-state index >= 15 is 0 Å². The smallest absolute Gasteiger partial charge is 0.0648 e. The lowest BCUT2D eigenvalue weighted by Gasteiger charge is -2.34. The summed E-state index contributed by atoms with van der Waals surface area (Å²) in [7, 11) is 0. The second-order valence-corrected chi connectivity index (χ2v) is 9.43. The van der Waals surface area contributed by atoms with E-state index in [4.69, 9.17) is 18.9 Å². The zero-order valence-corrected chi connectivity index (χ0v) is 17.3. The molecule has 0 aliphatic carbocycles. The van der Waals surface area contributed by atoms with Crippen LogP contribution < -0.4 is 0 Å². The van der Waals surface area contributed by atoms with E-state index in [1.807, 2.05) is 0 Å². The van der Waals surface area contributed by atoms with Crippen LogP contribution >= 0.6 is 0 Å². The van der Waals surface area contributed by atoms with Crippen LogP contribution in [0.5, 0.6) is 0 Å². The third kappa shape index (κ3) is 9.36. The van der Waals surface area contributed by atoms with Crippen molar-refractivity contribution in [1.82, 2.24) is 0 Å². The van der Waals surface area contributed by atoms with Gasteiger partial charge in [-0.15, -0.1) is 0 Å². The summed E-state index contributed by atoms with van der Waals surface area (Å²) in [6.07, 6.45) is 3.52. The minimum atomic E-state index is -0.179. The van der Waals surface area contributed by atoms with Crippen LogP contribution in [0, 0.1) is 0 Å². The molecule has 0 bridgehead atoms. The van der Waals surface area contributed by atoms with Crippen LogP contribution in [0.1, 0.15) is 81.1 Å². The standard InChI is InChI=1S/C20H40O4/c1-17(2)9-13-22-19(5,6)11-15-24-20(7,8)12-16-23-18(3,4)10-14-21-17/h9-16H2,1-8H3. The molecule has 0 unspecified atom stereocenters. The lowest BCUT2D eigenvalue weighted by molar-refractivity contribution is -0.119. The van der Waals surface area contributed by atoms with Gasteiger partial charge in [0.05, 0.1) is 48.8 Å². The lowest BCUT2D eigenvalue weighted by Crippen LogP contribution is -2.36. The Labute approximate surface area is 149 Å². The Morgan fingerprint density at radius 2 is 0.542 bits per heavy atom.